The van der Waals surface area contributed by atoms with Gasteiger partial charge < -0.3 is 10.8 Å². The number of benzene rings is 1. The number of aromatic nitrogens is 4. The fraction of sp³-hybridized carbons (Fsp3) is 0.143. The summed E-state index contributed by atoms with van der Waals surface area (Å²) in [5.74, 6) is 0.461. The molecule has 0 spiro atoms. The minimum atomic E-state index is 0.0701. The maximum Gasteiger partial charge on any atom is 0.147 e. The van der Waals surface area contributed by atoms with Crippen molar-refractivity contribution in [3.63, 3.8) is 0 Å². The van der Waals surface area contributed by atoms with Gasteiger partial charge in [-0.05, 0) is 33.6 Å². The molecule has 0 aliphatic rings. The van der Waals surface area contributed by atoms with Crippen LogP contribution in [-0.2, 0) is 6.54 Å². The molecule has 3 N–H and O–H groups in total. The number of anilines is 1. The molecule has 108 valence electrons. The van der Waals surface area contributed by atoms with Gasteiger partial charge >= 0.3 is 0 Å². The first kappa shape index (κ1) is 13.8. The lowest BCUT2D eigenvalue weighted by molar-refractivity contribution is 0.269. The number of aliphatic hydroxyl groups is 1. The van der Waals surface area contributed by atoms with Crippen molar-refractivity contribution in [3.8, 4) is 16.8 Å². The number of aliphatic hydroxyl groups excluding tert-OH is 1. The Morgan fingerprint density at radius 2 is 2.10 bits per heavy atom. The van der Waals surface area contributed by atoms with E-state index in [0.29, 0.717) is 12.4 Å². The van der Waals surface area contributed by atoms with Crippen LogP contribution in [0.5, 0.6) is 0 Å². The number of hydrogen-bond donors (Lipinski definition) is 2. The van der Waals surface area contributed by atoms with Crippen LogP contribution in [0, 0.1) is 0 Å². The first-order chi connectivity index (χ1) is 10.2. The van der Waals surface area contributed by atoms with Crippen molar-refractivity contribution in [1.29, 1.82) is 0 Å². The predicted octanol–water partition coefficient (Wildman–Crippen LogP) is 2.07. The highest BCUT2D eigenvalue weighted by atomic mass is 79.9. The van der Waals surface area contributed by atoms with Crippen LogP contribution in [0.4, 0.5) is 5.82 Å². The lowest BCUT2D eigenvalue weighted by Crippen LogP contribution is -2.01. The van der Waals surface area contributed by atoms with Gasteiger partial charge in [0.2, 0.25) is 0 Å². The van der Waals surface area contributed by atoms with Gasteiger partial charge in [-0.1, -0.05) is 12.1 Å². The Balaban J connectivity index is 1.97. The number of nitrogens with zero attached hydrogens (tertiary/aromatic N) is 4. The third-order valence-corrected chi connectivity index (χ3v) is 3.64. The summed E-state index contributed by atoms with van der Waals surface area (Å²) in [6.07, 6.45) is 3.68. The molecule has 0 radical (unpaired) electrons. The van der Waals surface area contributed by atoms with Gasteiger partial charge in [0.05, 0.1) is 25.0 Å². The Labute approximate surface area is 129 Å². The molecule has 0 unspecified atom stereocenters. The quantitative estimate of drug-likeness (QED) is 0.756. The number of nitrogens with two attached hydrogens (primary N) is 1. The third kappa shape index (κ3) is 2.84. The van der Waals surface area contributed by atoms with Crippen molar-refractivity contribution in [2.24, 2.45) is 0 Å². The molecule has 0 bridgehead atoms. The van der Waals surface area contributed by atoms with Crippen LogP contribution in [0.1, 0.15) is 0 Å². The number of nitrogen functional groups attached to an aromatic ring is 1. The van der Waals surface area contributed by atoms with Gasteiger partial charge in [-0.3, -0.25) is 4.68 Å². The Bertz CT molecular complexity index is 764. The van der Waals surface area contributed by atoms with E-state index >= 15 is 0 Å². The average Bonchev–Trinajstić information content (AvgIpc) is 3.06. The molecule has 2 aromatic heterocycles. The zero-order chi connectivity index (χ0) is 14.8. The van der Waals surface area contributed by atoms with Crippen LogP contribution in [0.3, 0.4) is 0 Å². The lowest BCUT2D eigenvalue weighted by Gasteiger charge is -2.05. The van der Waals surface area contributed by atoms with Crippen LogP contribution in [0.15, 0.2) is 47.3 Å². The predicted molar refractivity (Wildman–Crippen MR) is 84.0 cm³/mol. The first-order valence-corrected chi connectivity index (χ1v) is 7.22. The fourth-order valence-electron chi connectivity index (χ4n) is 2.11. The van der Waals surface area contributed by atoms with Gasteiger partial charge in [0.1, 0.15) is 10.4 Å². The third-order valence-electron chi connectivity index (χ3n) is 3.07. The molecule has 0 amide bonds. The van der Waals surface area contributed by atoms with E-state index in [9.17, 15) is 0 Å². The number of halogens is 1. The monoisotopic (exact) mass is 347 g/mol. The SMILES string of the molecule is Nc1cc(Br)n(-c2cccc(-c3cnn(CCO)c3)c2)n1. The van der Waals surface area contributed by atoms with Gasteiger partial charge in [-0.15, -0.1) is 5.10 Å². The van der Waals surface area contributed by atoms with Gasteiger partial charge in [0.25, 0.3) is 0 Å². The zero-order valence-electron chi connectivity index (χ0n) is 11.1. The van der Waals surface area contributed by atoms with Crippen LogP contribution in [0.25, 0.3) is 16.8 Å². The molecule has 7 heteroatoms. The summed E-state index contributed by atoms with van der Waals surface area (Å²) in [4.78, 5) is 0. The standard InChI is InChI=1S/C14H14BrN5O/c15-13-7-14(16)18-20(13)12-3-1-2-10(6-12)11-8-17-19(9-11)4-5-21/h1-3,6-9,21H,4-5H2,(H2,16,18). The Hall–Kier alpha value is -2.12. The smallest absolute Gasteiger partial charge is 0.147 e. The molecule has 0 saturated carbocycles. The molecule has 0 aliphatic carbocycles. The molecule has 1 aromatic carbocycles. The first-order valence-electron chi connectivity index (χ1n) is 6.42. The van der Waals surface area contributed by atoms with E-state index in [2.05, 4.69) is 26.1 Å². The summed E-state index contributed by atoms with van der Waals surface area (Å²) in [6.45, 7) is 0.557. The largest absolute Gasteiger partial charge is 0.394 e. The fourth-order valence-corrected chi connectivity index (χ4v) is 2.63. The van der Waals surface area contributed by atoms with Gasteiger partial charge in [-0.2, -0.15) is 5.10 Å². The second kappa shape index (κ2) is 5.71. The molecule has 3 aromatic rings. The molecule has 6 nitrogen and oxygen atoms in total. The molecule has 0 aliphatic heterocycles. The highest BCUT2D eigenvalue weighted by Crippen LogP contribution is 2.24. The van der Waals surface area contributed by atoms with Crippen molar-refractivity contribution >= 4 is 21.7 Å². The molecular formula is C14H14BrN5O. The van der Waals surface area contributed by atoms with E-state index in [1.54, 1.807) is 21.6 Å². The Kier molecular flexibility index (Phi) is 3.76. The summed E-state index contributed by atoms with van der Waals surface area (Å²) >= 11 is 3.44. The minimum Gasteiger partial charge on any atom is -0.394 e. The molecule has 0 fully saturated rings. The Morgan fingerprint density at radius 1 is 1.24 bits per heavy atom. The highest BCUT2D eigenvalue weighted by molar-refractivity contribution is 9.10. The van der Waals surface area contributed by atoms with Crippen LogP contribution in [0.2, 0.25) is 0 Å². The van der Waals surface area contributed by atoms with Crippen molar-refractivity contribution in [2.75, 3.05) is 12.3 Å². The second-order valence-electron chi connectivity index (χ2n) is 4.57. The van der Waals surface area contributed by atoms with Crippen molar-refractivity contribution < 1.29 is 5.11 Å². The maximum atomic E-state index is 8.94. The van der Waals surface area contributed by atoms with E-state index in [0.717, 1.165) is 21.4 Å². The van der Waals surface area contributed by atoms with Gasteiger partial charge in [0, 0.05) is 17.8 Å². The van der Waals surface area contributed by atoms with Crippen LogP contribution < -0.4 is 5.73 Å². The van der Waals surface area contributed by atoms with Crippen LogP contribution in [-0.4, -0.2) is 31.3 Å². The summed E-state index contributed by atoms with van der Waals surface area (Å²) in [6, 6.07) is 9.69. The lowest BCUT2D eigenvalue weighted by atomic mass is 10.1. The van der Waals surface area contributed by atoms with Crippen molar-refractivity contribution in [2.45, 2.75) is 6.54 Å². The highest BCUT2D eigenvalue weighted by Gasteiger charge is 2.08. The van der Waals surface area contributed by atoms with E-state index in [4.69, 9.17) is 10.8 Å². The van der Waals surface area contributed by atoms with Crippen molar-refractivity contribution in [1.82, 2.24) is 19.6 Å². The molecule has 21 heavy (non-hydrogen) atoms. The van der Waals surface area contributed by atoms with Gasteiger partial charge in [-0.25, -0.2) is 4.68 Å². The van der Waals surface area contributed by atoms with E-state index in [1.807, 2.05) is 30.5 Å². The second-order valence-corrected chi connectivity index (χ2v) is 5.38. The summed E-state index contributed by atoms with van der Waals surface area (Å²) < 4.78 is 4.24. The number of rotatable bonds is 4. The molecule has 2 heterocycles. The summed E-state index contributed by atoms with van der Waals surface area (Å²) in [5.41, 5.74) is 8.63. The molecule has 3 rings (SSSR count). The average molecular weight is 348 g/mol. The van der Waals surface area contributed by atoms with Crippen LogP contribution >= 0.6 is 15.9 Å². The zero-order valence-corrected chi connectivity index (χ0v) is 12.7. The van der Waals surface area contributed by atoms with Crippen molar-refractivity contribution in [3.05, 3.63) is 47.3 Å². The maximum absolute atomic E-state index is 8.94. The number of hydrogen-bond acceptors (Lipinski definition) is 4. The van der Waals surface area contributed by atoms with Gasteiger partial charge in [0.15, 0.2) is 0 Å². The molecule has 0 saturated heterocycles. The molecular weight excluding hydrogens is 334 g/mol. The summed E-state index contributed by atoms with van der Waals surface area (Å²) in [5, 5.41) is 17.4. The van der Waals surface area contributed by atoms with E-state index < -0.39 is 0 Å². The topological polar surface area (TPSA) is 81.9 Å². The summed E-state index contributed by atoms with van der Waals surface area (Å²) in [7, 11) is 0. The van der Waals surface area contributed by atoms with E-state index in [-0.39, 0.29) is 6.61 Å². The molecule has 0 atom stereocenters. The minimum absolute atomic E-state index is 0.0701. The normalized spacial score (nSPS) is 11.0. The van der Waals surface area contributed by atoms with E-state index in [1.165, 1.54) is 0 Å². The Morgan fingerprint density at radius 3 is 2.81 bits per heavy atom.